The van der Waals surface area contributed by atoms with Gasteiger partial charge in [0.05, 0.1) is 12.1 Å². The van der Waals surface area contributed by atoms with Gasteiger partial charge in [0, 0.05) is 49.7 Å². The Bertz CT molecular complexity index is 950. The van der Waals surface area contributed by atoms with Crippen molar-refractivity contribution < 1.29 is 10.2 Å². The summed E-state index contributed by atoms with van der Waals surface area (Å²) >= 11 is 0. The van der Waals surface area contributed by atoms with Crippen LogP contribution in [-0.2, 0) is 0 Å². The Morgan fingerprint density at radius 3 is 2.45 bits per heavy atom. The summed E-state index contributed by atoms with van der Waals surface area (Å²) in [7, 11) is 2.01. The number of anilines is 1. The molecule has 3 aromatic rings. The normalized spacial score (nSPS) is 19.4. The van der Waals surface area contributed by atoms with Gasteiger partial charge in [-0.3, -0.25) is 0 Å². The van der Waals surface area contributed by atoms with E-state index in [0.29, 0.717) is 12.5 Å². The first-order valence-electron chi connectivity index (χ1n) is 10.2. The van der Waals surface area contributed by atoms with E-state index in [1.807, 2.05) is 55.6 Å². The molecule has 0 aliphatic carbocycles. The summed E-state index contributed by atoms with van der Waals surface area (Å²) in [6.45, 7) is 3.39. The fourth-order valence-corrected chi connectivity index (χ4v) is 4.20. The van der Waals surface area contributed by atoms with E-state index in [4.69, 9.17) is 9.97 Å². The number of aromatic nitrogens is 2. The van der Waals surface area contributed by atoms with Crippen LogP contribution < -0.4 is 4.90 Å². The van der Waals surface area contributed by atoms with Crippen molar-refractivity contribution in [3.05, 3.63) is 54.6 Å². The van der Waals surface area contributed by atoms with E-state index in [1.54, 1.807) is 0 Å². The molecule has 152 valence electrons. The molecule has 2 heterocycles. The molecule has 0 unspecified atom stereocenters. The van der Waals surface area contributed by atoms with Crippen molar-refractivity contribution in [1.82, 2.24) is 14.9 Å². The molecule has 1 fully saturated rings. The molecule has 29 heavy (non-hydrogen) atoms. The second-order valence-electron chi connectivity index (χ2n) is 7.85. The Morgan fingerprint density at radius 2 is 1.69 bits per heavy atom. The van der Waals surface area contributed by atoms with Crippen molar-refractivity contribution in [2.24, 2.45) is 11.8 Å². The SMILES string of the molecule is CN(CCO)C[C@@H]1CN(c2nc(-c3ccccc3)nc3ccccc23)C[C@@H]1CO. The lowest BCUT2D eigenvalue weighted by molar-refractivity contribution is 0.160. The number of hydrogen-bond donors (Lipinski definition) is 2. The van der Waals surface area contributed by atoms with Crippen LogP contribution in [-0.4, -0.2) is 71.5 Å². The average Bonchev–Trinajstić information content (AvgIpc) is 3.16. The predicted octanol–water partition coefficient (Wildman–Crippen LogP) is 2.27. The first-order chi connectivity index (χ1) is 14.2. The number of hydrogen-bond acceptors (Lipinski definition) is 6. The molecule has 1 aliphatic heterocycles. The van der Waals surface area contributed by atoms with Gasteiger partial charge in [-0.2, -0.15) is 0 Å². The summed E-state index contributed by atoms with van der Waals surface area (Å²) in [5.74, 6) is 2.16. The Hall–Kier alpha value is -2.54. The summed E-state index contributed by atoms with van der Waals surface area (Å²) in [4.78, 5) is 14.2. The Morgan fingerprint density at radius 1 is 0.966 bits per heavy atom. The smallest absolute Gasteiger partial charge is 0.162 e. The highest BCUT2D eigenvalue weighted by Gasteiger charge is 2.34. The molecule has 0 saturated carbocycles. The molecule has 6 heteroatoms. The van der Waals surface area contributed by atoms with Crippen LogP contribution in [0.15, 0.2) is 54.6 Å². The van der Waals surface area contributed by atoms with Crippen molar-refractivity contribution >= 4 is 16.7 Å². The highest BCUT2D eigenvalue weighted by Crippen LogP contribution is 2.33. The van der Waals surface area contributed by atoms with E-state index < -0.39 is 0 Å². The summed E-state index contributed by atoms with van der Waals surface area (Å²) < 4.78 is 0. The maximum absolute atomic E-state index is 9.96. The van der Waals surface area contributed by atoms with Crippen molar-refractivity contribution in [3.8, 4) is 11.4 Å². The molecule has 0 spiro atoms. The molecule has 1 aliphatic rings. The van der Waals surface area contributed by atoms with Crippen molar-refractivity contribution in [2.45, 2.75) is 0 Å². The molecule has 2 atom stereocenters. The molecule has 0 bridgehead atoms. The van der Waals surface area contributed by atoms with Gasteiger partial charge in [-0.05, 0) is 25.1 Å². The maximum atomic E-state index is 9.96. The highest BCUT2D eigenvalue weighted by atomic mass is 16.3. The minimum Gasteiger partial charge on any atom is -0.396 e. The standard InChI is InChI=1S/C23H28N4O2/c1-26(11-12-28)13-18-14-27(15-19(18)16-29)23-20-9-5-6-10-21(20)24-22(25-23)17-7-3-2-4-8-17/h2-10,18-19,28-29H,11-16H2,1H3/t18-,19-/m1/s1. The lowest BCUT2D eigenvalue weighted by atomic mass is 9.96. The zero-order chi connectivity index (χ0) is 20.2. The predicted molar refractivity (Wildman–Crippen MR) is 116 cm³/mol. The zero-order valence-electron chi connectivity index (χ0n) is 16.8. The van der Waals surface area contributed by atoms with Gasteiger partial charge in [0.1, 0.15) is 5.82 Å². The average molecular weight is 393 g/mol. The molecule has 2 N–H and O–H groups in total. The molecule has 0 amide bonds. The fourth-order valence-electron chi connectivity index (χ4n) is 4.20. The molecular formula is C23H28N4O2. The number of likely N-dealkylation sites (N-methyl/N-ethyl adjacent to an activating group) is 1. The molecular weight excluding hydrogens is 364 g/mol. The summed E-state index contributed by atoms with van der Waals surface area (Å²) in [6.07, 6.45) is 0. The molecule has 0 radical (unpaired) electrons. The van der Waals surface area contributed by atoms with Crippen LogP contribution in [0.4, 0.5) is 5.82 Å². The fraction of sp³-hybridized carbons (Fsp3) is 0.391. The van der Waals surface area contributed by atoms with E-state index in [1.165, 1.54) is 0 Å². The summed E-state index contributed by atoms with van der Waals surface area (Å²) in [5.41, 5.74) is 1.93. The highest BCUT2D eigenvalue weighted by molar-refractivity contribution is 5.91. The summed E-state index contributed by atoms with van der Waals surface area (Å²) in [6, 6.07) is 18.2. The van der Waals surface area contributed by atoms with Crippen LogP contribution in [0.5, 0.6) is 0 Å². The lowest BCUT2D eigenvalue weighted by Gasteiger charge is -2.23. The third-order valence-electron chi connectivity index (χ3n) is 5.75. The molecule has 1 aromatic heterocycles. The van der Waals surface area contributed by atoms with Gasteiger partial charge in [0.2, 0.25) is 0 Å². The van der Waals surface area contributed by atoms with Crippen molar-refractivity contribution in [1.29, 1.82) is 0 Å². The van der Waals surface area contributed by atoms with E-state index in [2.05, 4.69) is 15.9 Å². The Labute approximate surface area is 171 Å². The zero-order valence-corrected chi connectivity index (χ0v) is 16.8. The lowest BCUT2D eigenvalue weighted by Crippen LogP contribution is -2.33. The maximum Gasteiger partial charge on any atom is 0.162 e. The molecule has 4 rings (SSSR count). The third kappa shape index (κ3) is 4.24. The number of nitrogens with zero attached hydrogens (tertiary/aromatic N) is 4. The number of para-hydroxylation sites is 1. The van der Waals surface area contributed by atoms with Gasteiger partial charge in [-0.15, -0.1) is 0 Å². The number of fused-ring (bicyclic) bond motifs is 1. The number of aliphatic hydroxyl groups excluding tert-OH is 2. The first kappa shape index (κ1) is 19.8. The van der Waals surface area contributed by atoms with E-state index in [0.717, 1.165) is 47.7 Å². The van der Waals surface area contributed by atoms with Gasteiger partial charge in [-0.25, -0.2) is 9.97 Å². The van der Waals surface area contributed by atoms with Gasteiger partial charge in [0.25, 0.3) is 0 Å². The van der Waals surface area contributed by atoms with E-state index in [9.17, 15) is 10.2 Å². The molecule has 6 nitrogen and oxygen atoms in total. The van der Waals surface area contributed by atoms with Crippen LogP contribution in [0.25, 0.3) is 22.3 Å². The van der Waals surface area contributed by atoms with E-state index in [-0.39, 0.29) is 19.1 Å². The largest absolute Gasteiger partial charge is 0.396 e. The van der Waals surface area contributed by atoms with Crippen LogP contribution >= 0.6 is 0 Å². The Balaban J connectivity index is 1.69. The number of rotatable bonds is 7. The Kier molecular flexibility index (Phi) is 6.04. The van der Waals surface area contributed by atoms with Crippen LogP contribution in [0, 0.1) is 11.8 Å². The number of aliphatic hydroxyl groups is 2. The van der Waals surface area contributed by atoms with Crippen LogP contribution in [0.2, 0.25) is 0 Å². The second-order valence-corrected chi connectivity index (χ2v) is 7.85. The van der Waals surface area contributed by atoms with Crippen molar-refractivity contribution in [3.63, 3.8) is 0 Å². The second kappa shape index (κ2) is 8.86. The topological polar surface area (TPSA) is 72.7 Å². The van der Waals surface area contributed by atoms with E-state index >= 15 is 0 Å². The van der Waals surface area contributed by atoms with Gasteiger partial charge < -0.3 is 20.0 Å². The minimum atomic E-state index is 0.147. The molecule has 2 aromatic carbocycles. The first-order valence-corrected chi connectivity index (χ1v) is 10.2. The third-order valence-corrected chi connectivity index (χ3v) is 5.75. The van der Waals surface area contributed by atoms with Gasteiger partial charge >= 0.3 is 0 Å². The monoisotopic (exact) mass is 392 g/mol. The molecule has 1 saturated heterocycles. The minimum absolute atomic E-state index is 0.147. The van der Waals surface area contributed by atoms with Gasteiger partial charge in [-0.1, -0.05) is 42.5 Å². The van der Waals surface area contributed by atoms with Crippen LogP contribution in [0.3, 0.4) is 0 Å². The van der Waals surface area contributed by atoms with Gasteiger partial charge in [0.15, 0.2) is 5.82 Å². The van der Waals surface area contributed by atoms with Crippen LogP contribution in [0.1, 0.15) is 0 Å². The summed E-state index contributed by atoms with van der Waals surface area (Å²) in [5, 5.41) is 20.2. The number of benzene rings is 2. The van der Waals surface area contributed by atoms with Crippen molar-refractivity contribution in [2.75, 3.05) is 51.3 Å². The quantitative estimate of drug-likeness (QED) is 0.643.